The fraction of sp³-hybridized carbons (Fsp3) is 0.267. The van der Waals surface area contributed by atoms with Crippen molar-refractivity contribution in [3.05, 3.63) is 46.4 Å². The van der Waals surface area contributed by atoms with Gasteiger partial charge in [-0.15, -0.1) is 0 Å². The number of fused-ring (bicyclic) bond motifs is 1. The van der Waals surface area contributed by atoms with E-state index in [4.69, 9.17) is 0 Å². The summed E-state index contributed by atoms with van der Waals surface area (Å²) in [6, 6.07) is 11.9. The second-order valence-corrected chi connectivity index (χ2v) is 6.18. The Labute approximate surface area is 130 Å². The van der Waals surface area contributed by atoms with Gasteiger partial charge in [0.1, 0.15) is 0 Å². The Hall–Kier alpha value is -0.870. The van der Waals surface area contributed by atoms with E-state index in [1.54, 1.807) is 4.90 Å². The zero-order valence-electron chi connectivity index (χ0n) is 10.7. The van der Waals surface area contributed by atoms with Crippen LogP contribution >= 0.6 is 31.9 Å². The molecule has 0 saturated carbocycles. The number of carbonyl (C=O) groups is 1. The third-order valence-electron chi connectivity index (χ3n) is 3.02. The van der Waals surface area contributed by atoms with Crippen LogP contribution in [0.3, 0.4) is 0 Å². The standard InChI is InChI=1S/C15H15Br2NO/c1-18(8-2-7-16)15(19)13-4-3-12-10-14(17)6-5-11(12)9-13/h3-6,9-10H,2,7-8H2,1H3. The molecule has 0 heterocycles. The molecule has 0 fully saturated rings. The number of carbonyl (C=O) groups excluding carboxylic acids is 1. The molecular formula is C15H15Br2NO. The van der Waals surface area contributed by atoms with E-state index >= 15 is 0 Å². The van der Waals surface area contributed by atoms with Crippen molar-refractivity contribution >= 4 is 48.5 Å². The first-order valence-corrected chi connectivity index (χ1v) is 8.04. The van der Waals surface area contributed by atoms with Gasteiger partial charge in [-0.1, -0.05) is 44.0 Å². The summed E-state index contributed by atoms with van der Waals surface area (Å²) in [6.07, 6.45) is 0.961. The number of alkyl halides is 1. The molecule has 0 saturated heterocycles. The molecule has 100 valence electrons. The minimum Gasteiger partial charge on any atom is -0.342 e. The first-order valence-electron chi connectivity index (χ1n) is 6.12. The third kappa shape index (κ3) is 3.57. The van der Waals surface area contributed by atoms with Gasteiger partial charge in [-0.05, 0) is 41.5 Å². The van der Waals surface area contributed by atoms with Crippen LogP contribution in [-0.2, 0) is 0 Å². The minimum atomic E-state index is 0.0748. The quantitative estimate of drug-likeness (QED) is 0.712. The van der Waals surface area contributed by atoms with E-state index in [1.165, 1.54) is 0 Å². The SMILES string of the molecule is CN(CCCBr)C(=O)c1ccc2cc(Br)ccc2c1. The highest BCUT2D eigenvalue weighted by molar-refractivity contribution is 9.10. The predicted octanol–water partition coefficient (Wildman–Crippen LogP) is 4.46. The lowest BCUT2D eigenvalue weighted by Crippen LogP contribution is -2.27. The van der Waals surface area contributed by atoms with Crippen molar-refractivity contribution in [1.29, 1.82) is 0 Å². The first kappa shape index (κ1) is 14.5. The summed E-state index contributed by atoms with van der Waals surface area (Å²) in [4.78, 5) is 14.0. The molecule has 1 amide bonds. The van der Waals surface area contributed by atoms with Crippen LogP contribution in [0.5, 0.6) is 0 Å². The Bertz CT molecular complexity index is 598. The highest BCUT2D eigenvalue weighted by atomic mass is 79.9. The zero-order valence-corrected chi connectivity index (χ0v) is 13.9. The van der Waals surface area contributed by atoms with Gasteiger partial charge in [0.15, 0.2) is 0 Å². The summed E-state index contributed by atoms with van der Waals surface area (Å²) in [6.45, 7) is 0.766. The maximum atomic E-state index is 12.3. The van der Waals surface area contributed by atoms with Crippen LogP contribution in [-0.4, -0.2) is 29.7 Å². The summed E-state index contributed by atoms with van der Waals surface area (Å²) >= 11 is 6.83. The lowest BCUT2D eigenvalue weighted by Gasteiger charge is -2.16. The monoisotopic (exact) mass is 383 g/mol. The zero-order chi connectivity index (χ0) is 13.8. The Morgan fingerprint density at radius 3 is 2.58 bits per heavy atom. The molecule has 4 heteroatoms. The second-order valence-electron chi connectivity index (χ2n) is 4.48. The average Bonchev–Trinajstić information content (AvgIpc) is 2.43. The molecule has 19 heavy (non-hydrogen) atoms. The molecule has 2 aromatic carbocycles. The van der Waals surface area contributed by atoms with Gasteiger partial charge >= 0.3 is 0 Å². The largest absolute Gasteiger partial charge is 0.342 e. The highest BCUT2D eigenvalue weighted by Gasteiger charge is 2.11. The predicted molar refractivity (Wildman–Crippen MR) is 87.0 cm³/mol. The van der Waals surface area contributed by atoms with Crippen molar-refractivity contribution in [2.45, 2.75) is 6.42 Å². The Balaban J connectivity index is 2.25. The van der Waals surface area contributed by atoms with E-state index in [1.807, 2.05) is 37.4 Å². The van der Waals surface area contributed by atoms with Gasteiger partial charge in [0.2, 0.25) is 0 Å². The van der Waals surface area contributed by atoms with Crippen LogP contribution in [0, 0.1) is 0 Å². The number of nitrogens with zero attached hydrogens (tertiary/aromatic N) is 1. The molecule has 0 N–H and O–H groups in total. The van der Waals surface area contributed by atoms with Gasteiger partial charge in [-0.25, -0.2) is 0 Å². The van der Waals surface area contributed by atoms with E-state index in [-0.39, 0.29) is 5.91 Å². The number of halogens is 2. The normalized spacial score (nSPS) is 10.7. The van der Waals surface area contributed by atoms with Gasteiger partial charge in [0.05, 0.1) is 0 Å². The van der Waals surface area contributed by atoms with E-state index in [0.717, 1.165) is 39.1 Å². The molecule has 0 aliphatic carbocycles. The number of benzene rings is 2. The first-order chi connectivity index (χ1) is 9.11. The molecular weight excluding hydrogens is 370 g/mol. The molecule has 0 aliphatic heterocycles. The van der Waals surface area contributed by atoms with Gasteiger partial charge in [-0.2, -0.15) is 0 Å². The van der Waals surface area contributed by atoms with Crippen molar-refractivity contribution in [3.63, 3.8) is 0 Å². The van der Waals surface area contributed by atoms with Crippen LogP contribution < -0.4 is 0 Å². The van der Waals surface area contributed by atoms with Gasteiger partial charge in [0.25, 0.3) is 5.91 Å². The second kappa shape index (κ2) is 6.53. The van der Waals surface area contributed by atoms with Crippen molar-refractivity contribution in [1.82, 2.24) is 4.90 Å². The molecule has 0 spiro atoms. The molecule has 0 aromatic heterocycles. The summed E-state index contributed by atoms with van der Waals surface area (Å²) in [5.74, 6) is 0.0748. The lowest BCUT2D eigenvalue weighted by molar-refractivity contribution is 0.0796. The van der Waals surface area contributed by atoms with Gasteiger partial charge in [-0.3, -0.25) is 4.79 Å². The maximum Gasteiger partial charge on any atom is 0.253 e. The van der Waals surface area contributed by atoms with Crippen molar-refractivity contribution < 1.29 is 4.79 Å². The summed E-state index contributed by atoms with van der Waals surface area (Å²) < 4.78 is 1.05. The Morgan fingerprint density at radius 2 is 1.84 bits per heavy atom. The maximum absolute atomic E-state index is 12.3. The summed E-state index contributed by atoms with van der Waals surface area (Å²) in [5, 5.41) is 3.13. The summed E-state index contributed by atoms with van der Waals surface area (Å²) in [7, 11) is 1.84. The highest BCUT2D eigenvalue weighted by Crippen LogP contribution is 2.21. The molecule has 2 aromatic rings. The molecule has 0 aliphatic rings. The molecule has 2 rings (SSSR count). The number of hydrogen-bond donors (Lipinski definition) is 0. The topological polar surface area (TPSA) is 20.3 Å². The average molecular weight is 385 g/mol. The van der Waals surface area contributed by atoms with E-state index in [0.29, 0.717) is 0 Å². The number of hydrogen-bond acceptors (Lipinski definition) is 1. The van der Waals surface area contributed by atoms with Crippen LogP contribution in [0.2, 0.25) is 0 Å². The van der Waals surface area contributed by atoms with E-state index < -0.39 is 0 Å². The third-order valence-corrected chi connectivity index (χ3v) is 4.08. The minimum absolute atomic E-state index is 0.0748. The van der Waals surface area contributed by atoms with Gasteiger partial charge < -0.3 is 4.90 Å². The van der Waals surface area contributed by atoms with Crippen LogP contribution in [0.15, 0.2) is 40.9 Å². The fourth-order valence-electron chi connectivity index (χ4n) is 1.97. The Kier molecular flexibility index (Phi) is 4.99. The summed E-state index contributed by atoms with van der Waals surface area (Å²) in [5.41, 5.74) is 0.742. The molecule has 0 atom stereocenters. The molecule has 2 nitrogen and oxygen atoms in total. The molecule has 0 radical (unpaired) electrons. The van der Waals surface area contributed by atoms with E-state index in [2.05, 4.69) is 37.9 Å². The number of amides is 1. The fourth-order valence-corrected chi connectivity index (χ4v) is 2.60. The van der Waals surface area contributed by atoms with Crippen LogP contribution in [0.1, 0.15) is 16.8 Å². The van der Waals surface area contributed by atoms with Crippen molar-refractivity contribution in [3.8, 4) is 0 Å². The van der Waals surface area contributed by atoms with E-state index in [9.17, 15) is 4.79 Å². The Morgan fingerprint density at radius 1 is 1.16 bits per heavy atom. The van der Waals surface area contributed by atoms with Crippen molar-refractivity contribution in [2.24, 2.45) is 0 Å². The lowest BCUT2D eigenvalue weighted by atomic mass is 10.1. The van der Waals surface area contributed by atoms with Crippen molar-refractivity contribution in [2.75, 3.05) is 18.9 Å². The number of rotatable bonds is 4. The molecule has 0 bridgehead atoms. The smallest absolute Gasteiger partial charge is 0.253 e. The molecule has 0 unspecified atom stereocenters. The van der Waals surface area contributed by atoms with Gasteiger partial charge in [0, 0.05) is 29.0 Å². The van der Waals surface area contributed by atoms with Crippen LogP contribution in [0.25, 0.3) is 10.8 Å². The van der Waals surface area contributed by atoms with Crippen LogP contribution in [0.4, 0.5) is 0 Å².